The highest BCUT2D eigenvalue weighted by atomic mass is 16.3. The molecule has 0 saturated heterocycles. The molecule has 0 aromatic heterocycles. The van der Waals surface area contributed by atoms with Crippen LogP contribution in [0.5, 0.6) is 0 Å². The zero-order valence-electron chi connectivity index (χ0n) is 7.87. The highest BCUT2D eigenvalue weighted by molar-refractivity contribution is 4.83. The lowest BCUT2D eigenvalue weighted by Gasteiger charge is -2.03. The lowest BCUT2D eigenvalue weighted by Crippen LogP contribution is -2.06. The lowest BCUT2D eigenvalue weighted by atomic mass is 10.1. The lowest BCUT2D eigenvalue weighted by molar-refractivity contribution is 0.135. The summed E-state index contributed by atoms with van der Waals surface area (Å²) in [5, 5.41) is 17.7. The monoisotopic (exact) mass is 172 g/mol. The van der Waals surface area contributed by atoms with Crippen molar-refractivity contribution in [1.82, 2.24) is 0 Å². The Hall–Kier alpha value is -0.340. The molecule has 0 rings (SSSR count). The van der Waals surface area contributed by atoms with Crippen LogP contribution in [-0.4, -0.2) is 22.9 Å². The first-order valence-electron chi connectivity index (χ1n) is 4.75. The molecule has 0 amide bonds. The summed E-state index contributed by atoms with van der Waals surface area (Å²) in [6.07, 6.45) is 8.41. The minimum absolute atomic E-state index is 0.0734. The van der Waals surface area contributed by atoms with Gasteiger partial charge in [-0.25, -0.2) is 0 Å². The highest BCUT2D eigenvalue weighted by Crippen LogP contribution is 2.00. The van der Waals surface area contributed by atoms with Crippen LogP contribution in [0.15, 0.2) is 12.2 Å². The third-order valence-corrected chi connectivity index (χ3v) is 1.76. The van der Waals surface area contributed by atoms with Gasteiger partial charge in [-0.3, -0.25) is 0 Å². The molecule has 2 nitrogen and oxygen atoms in total. The smallest absolute Gasteiger partial charge is 0.0596 e. The summed E-state index contributed by atoms with van der Waals surface area (Å²) >= 11 is 0. The van der Waals surface area contributed by atoms with Crippen LogP contribution >= 0.6 is 0 Å². The molecule has 0 radical (unpaired) electrons. The van der Waals surface area contributed by atoms with Gasteiger partial charge >= 0.3 is 0 Å². The molecule has 0 fully saturated rings. The highest BCUT2D eigenvalue weighted by Gasteiger charge is 1.98. The van der Waals surface area contributed by atoms with E-state index in [1.54, 1.807) is 0 Å². The van der Waals surface area contributed by atoms with Gasteiger partial charge in [0.1, 0.15) is 0 Å². The van der Waals surface area contributed by atoms with E-state index in [1.165, 1.54) is 12.8 Å². The van der Waals surface area contributed by atoms with Gasteiger partial charge < -0.3 is 10.2 Å². The molecule has 0 aliphatic carbocycles. The average molecular weight is 172 g/mol. The maximum atomic E-state index is 9.19. The predicted molar refractivity (Wildman–Crippen MR) is 51.0 cm³/mol. The van der Waals surface area contributed by atoms with Crippen molar-refractivity contribution in [1.29, 1.82) is 0 Å². The molecule has 0 aliphatic heterocycles. The fourth-order valence-electron chi connectivity index (χ4n) is 0.960. The van der Waals surface area contributed by atoms with Crippen LogP contribution in [0.25, 0.3) is 0 Å². The molecule has 72 valence electrons. The van der Waals surface area contributed by atoms with Crippen LogP contribution in [0.1, 0.15) is 39.0 Å². The predicted octanol–water partition coefficient (Wildman–Crippen LogP) is 1.87. The number of allylic oxidation sites excluding steroid dienone is 1. The molecular weight excluding hydrogens is 152 g/mol. The van der Waals surface area contributed by atoms with E-state index in [4.69, 9.17) is 5.11 Å². The third kappa shape index (κ3) is 7.76. The number of rotatable bonds is 7. The van der Waals surface area contributed by atoms with Crippen molar-refractivity contribution in [2.24, 2.45) is 0 Å². The second-order valence-electron chi connectivity index (χ2n) is 3.02. The Balaban J connectivity index is 3.21. The van der Waals surface area contributed by atoms with Crippen molar-refractivity contribution >= 4 is 0 Å². The summed E-state index contributed by atoms with van der Waals surface area (Å²) in [6, 6.07) is 0. The normalized spacial score (nSPS) is 13.9. The van der Waals surface area contributed by atoms with Crippen molar-refractivity contribution in [3.05, 3.63) is 12.2 Å². The van der Waals surface area contributed by atoms with Crippen molar-refractivity contribution in [2.75, 3.05) is 6.61 Å². The number of unbranched alkanes of at least 4 members (excludes halogenated alkanes) is 2. The molecule has 0 bridgehead atoms. The zero-order valence-corrected chi connectivity index (χ0v) is 7.87. The van der Waals surface area contributed by atoms with Gasteiger partial charge in [-0.15, -0.1) is 0 Å². The van der Waals surface area contributed by atoms with E-state index in [0.717, 1.165) is 6.42 Å². The minimum Gasteiger partial charge on any atom is -0.396 e. The van der Waals surface area contributed by atoms with Gasteiger partial charge in [-0.05, 0) is 19.3 Å². The summed E-state index contributed by atoms with van der Waals surface area (Å²) < 4.78 is 0. The summed E-state index contributed by atoms with van der Waals surface area (Å²) in [4.78, 5) is 0. The van der Waals surface area contributed by atoms with E-state index in [2.05, 4.69) is 13.0 Å². The number of hydrogen-bond acceptors (Lipinski definition) is 2. The second kappa shape index (κ2) is 8.75. The molecule has 0 aliphatic rings. The van der Waals surface area contributed by atoms with E-state index in [1.807, 2.05) is 6.08 Å². The quantitative estimate of drug-likeness (QED) is 0.454. The van der Waals surface area contributed by atoms with Crippen LogP contribution in [0, 0.1) is 0 Å². The molecule has 2 heteroatoms. The van der Waals surface area contributed by atoms with Crippen molar-refractivity contribution in [2.45, 2.75) is 45.1 Å². The molecule has 0 aromatic rings. The fourth-order valence-corrected chi connectivity index (χ4v) is 0.960. The van der Waals surface area contributed by atoms with Gasteiger partial charge in [-0.2, -0.15) is 0 Å². The Morgan fingerprint density at radius 3 is 2.67 bits per heavy atom. The minimum atomic E-state index is -0.368. The summed E-state index contributed by atoms with van der Waals surface area (Å²) in [7, 11) is 0. The van der Waals surface area contributed by atoms with Gasteiger partial charge in [0.05, 0.1) is 6.10 Å². The van der Waals surface area contributed by atoms with Crippen molar-refractivity contribution in [3.8, 4) is 0 Å². The van der Waals surface area contributed by atoms with Gasteiger partial charge in [-0.1, -0.05) is 31.9 Å². The molecule has 0 heterocycles. The number of aliphatic hydroxyl groups excluding tert-OH is 2. The van der Waals surface area contributed by atoms with Gasteiger partial charge in [0.25, 0.3) is 0 Å². The topological polar surface area (TPSA) is 40.5 Å². The van der Waals surface area contributed by atoms with Gasteiger partial charge in [0, 0.05) is 6.61 Å². The third-order valence-electron chi connectivity index (χ3n) is 1.76. The standard InChI is InChI=1S/C10H20O2/c1-2-3-4-5-6-7-10(12)8-9-11/h5-6,10-12H,2-4,7-9H2,1H3. The zero-order chi connectivity index (χ0) is 9.23. The molecule has 2 N–H and O–H groups in total. The molecule has 0 saturated carbocycles. The van der Waals surface area contributed by atoms with E-state index >= 15 is 0 Å². The summed E-state index contributed by atoms with van der Waals surface area (Å²) in [5.41, 5.74) is 0. The molecule has 1 unspecified atom stereocenters. The van der Waals surface area contributed by atoms with E-state index in [-0.39, 0.29) is 12.7 Å². The van der Waals surface area contributed by atoms with Crippen LogP contribution in [0.4, 0.5) is 0 Å². The van der Waals surface area contributed by atoms with Crippen molar-refractivity contribution in [3.63, 3.8) is 0 Å². The number of hydrogen-bond donors (Lipinski definition) is 2. The fraction of sp³-hybridized carbons (Fsp3) is 0.800. The second-order valence-corrected chi connectivity index (χ2v) is 3.02. The summed E-state index contributed by atoms with van der Waals surface area (Å²) in [5.74, 6) is 0. The van der Waals surface area contributed by atoms with E-state index in [0.29, 0.717) is 12.8 Å². The van der Waals surface area contributed by atoms with Gasteiger partial charge in [0.2, 0.25) is 0 Å². The molecule has 0 spiro atoms. The largest absolute Gasteiger partial charge is 0.396 e. The number of aliphatic hydroxyl groups is 2. The van der Waals surface area contributed by atoms with E-state index in [9.17, 15) is 5.11 Å². The average Bonchev–Trinajstić information content (AvgIpc) is 2.05. The first kappa shape index (κ1) is 11.7. The Labute approximate surface area is 74.9 Å². The van der Waals surface area contributed by atoms with Crippen LogP contribution in [0.3, 0.4) is 0 Å². The SMILES string of the molecule is CCCCC=CCC(O)CCO. The Morgan fingerprint density at radius 2 is 2.08 bits per heavy atom. The van der Waals surface area contributed by atoms with Crippen LogP contribution < -0.4 is 0 Å². The van der Waals surface area contributed by atoms with Gasteiger partial charge in [0.15, 0.2) is 0 Å². The Bertz CT molecular complexity index is 110. The van der Waals surface area contributed by atoms with E-state index < -0.39 is 0 Å². The first-order chi connectivity index (χ1) is 5.81. The Kier molecular flexibility index (Phi) is 8.51. The maximum Gasteiger partial charge on any atom is 0.0596 e. The van der Waals surface area contributed by atoms with Crippen LogP contribution in [0.2, 0.25) is 0 Å². The maximum absolute atomic E-state index is 9.19. The molecular formula is C10H20O2. The molecule has 1 atom stereocenters. The van der Waals surface area contributed by atoms with Crippen LogP contribution in [-0.2, 0) is 0 Å². The first-order valence-corrected chi connectivity index (χ1v) is 4.75. The van der Waals surface area contributed by atoms with Crippen molar-refractivity contribution < 1.29 is 10.2 Å². The molecule has 12 heavy (non-hydrogen) atoms. The summed E-state index contributed by atoms with van der Waals surface area (Å²) in [6.45, 7) is 2.23. The Morgan fingerprint density at radius 1 is 1.33 bits per heavy atom. The molecule has 0 aromatic carbocycles.